The molecule has 1 aromatic heterocycles. The highest BCUT2D eigenvalue weighted by Crippen LogP contribution is 2.46. The minimum absolute atomic E-state index is 0.0846. The number of halogens is 2. The maximum absolute atomic E-state index is 15.6. The van der Waals surface area contributed by atoms with Crippen LogP contribution in [0, 0.1) is 34.4 Å². The second-order valence-corrected chi connectivity index (χ2v) is 10.5. The van der Waals surface area contributed by atoms with Crippen molar-refractivity contribution in [3.8, 4) is 23.5 Å². The van der Waals surface area contributed by atoms with E-state index in [-0.39, 0.29) is 23.5 Å². The lowest BCUT2D eigenvalue weighted by molar-refractivity contribution is 0.00813. The Kier molecular flexibility index (Phi) is 6.91. The van der Waals surface area contributed by atoms with Gasteiger partial charge in [-0.1, -0.05) is 30.3 Å². The Morgan fingerprint density at radius 1 is 0.974 bits per heavy atom. The highest BCUT2D eigenvalue weighted by Gasteiger charge is 2.45. The van der Waals surface area contributed by atoms with Crippen molar-refractivity contribution in [2.24, 2.45) is 5.92 Å². The monoisotopic (exact) mass is 523 g/mol. The Balaban J connectivity index is 1.49. The number of nitrogen functional groups attached to an aromatic ring is 1. The third kappa shape index (κ3) is 5.38. The van der Waals surface area contributed by atoms with Gasteiger partial charge in [-0.25, -0.2) is 13.8 Å². The first kappa shape index (κ1) is 26.1. The molecule has 2 atom stereocenters. The fourth-order valence-electron chi connectivity index (χ4n) is 5.69. The summed E-state index contributed by atoms with van der Waals surface area (Å²) in [4.78, 5) is 6.23. The molecular weight excluding hydrogens is 496 g/mol. The van der Waals surface area contributed by atoms with E-state index in [1.807, 2.05) is 42.5 Å². The van der Waals surface area contributed by atoms with Gasteiger partial charge in [-0.05, 0) is 72.9 Å². The van der Waals surface area contributed by atoms with Gasteiger partial charge in [0.1, 0.15) is 11.5 Å². The summed E-state index contributed by atoms with van der Waals surface area (Å²) in [5, 5.41) is 18.6. The maximum atomic E-state index is 15.6. The summed E-state index contributed by atoms with van der Waals surface area (Å²) in [5.74, 6) is -0.694. The molecule has 4 aromatic rings. The summed E-state index contributed by atoms with van der Waals surface area (Å²) in [6.07, 6.45) is 1.58. The van der Waals surface area contributed by atoms with Gasteiger partial charge >= 0.3 is 0 Å². The Labute approximate surface area is 225 Å². The summed E-state index contributed by atoms with van der Waals surface area (Å²) in [5.41, 5.74) is 8.06. The van der Waals surface area contributed by atoms with Gasteiger partial charge in [0.05, 0.1) is 35.5 Å². The molecule has 5 rings (SSSR count). The van der Waals surface area contributed by atoms with E-state index < -0.39 is 17.4 Å². The van der Waals surface area contributed by atoms with E-state index in [1.54, 1.807) is 24.4 Å². The Morgan fingerprint density at radius 2 is 1.69 bits per heavy atom. The third-order valence-corrected chi connectivity index (χ3v) is 7.29. The van der Waals surface area contributed by atoms with Crippen LogP contribution in [0.1, 0.15) is 53.6 Å². The molecule has 1 saturated heterocycles. The van der Waals surface area contributed by atoms with Crippen LogP contribution in [-0.2, 0) is 0 Å². The van der Waals surface area contributed by atoms with Crippen LogP contribution in [0.2, 0.25) is 0 Å². The number of hydrogen-bond acceptors (Lipinski definition) is 6. The van der Waals surface area contributed by atoms with E-state index in [2.05, 4.69) is 16.0 Å². The Morgan fingerprint density at radius 3 is 2.31 bits per heavy atom. The number of anilines is 1. The number of nitrogens with zero attached hydrogens (tertiary/aromatic N) is 4. The highest BCUT2D eigenvalue weighted by molar-refractivity contribution is 5.59. The van der Waals surface area contributed by atoms with Gasteiger partial charge < -0.3 is 10.2 Å². The molecule has 0 saturated carbocycles. The Bertz CT molecular complexity index is 1570. The summed E-state index contributed by atoms with van der Waals surface area (Å²) >= 11 is 0. The molecule has 0 spiro atoms. The number of hydrogen-bond donors (Lipinski definition) is 1. The molecule has 1 aliphatic heterocycles. The average molecular weight is 524 g/mol. The molecule has 2 N–H and O–H groups in total. The van der Waals surface area contributed by atoms with E-state index in [0.29, 0.717) is 30.0 Å². The van der Waals surface area contributed by atoms with Gasteiger partial charge in [-0.2, -0.15) is 10.5 Å². The van der Waals surface area contributed by atoms with Crippen molar-refractivity contribution in [2.75, 3.05) is 18.8 Å². The van der Waals surface area contributed by atoms with Crippen LogP contribution in [0.15, 0.2) is 77.3 Å². The van der Waals surface area contributed by atoms with E-state index in [9.17, 15) is 14.9 Å². The predicted octanol–water partition coefficient (Wildman–Crippen LogP) is 6.36. The van der Waals surface area contributed by atoms with Crippen LogP contribution >= 0.6 is 0 Å². The number of alkyl halides is 1. The van der Waals surface area contributed by atoms with Crippen molar-refractivity contribution in [3.05, 3.63) is 107 Å². The quantitative estimate of drug-likeness (QED) is 0.302. The largest absolute Gasteiger partial charge is 0.424 e. The molecule has 39 heavy (non-hydrogen) atoms. The van der Waals surface area contributed by atoms with Gasteiger partial charge in [0.25, 0.3) is 6.01 Å². The molecule has 196 valence electrons. The van der Waals surface area contributed by atoms with Crippen molar-refractivity contribution < 1.29 is 13.2 Å². The van der Waals surface area contributed by atoms with Crippen molar-refractivity contribution in [1.82, 2.24) is 9.88 Å². The number of nitrogens with two attached hydrogens (primary N) is 1. The fourth-order valence-corrected chi connectivity index (χ4v) is 5.69. The Hall–Kier alpha value is -4.53. The normalized spacial score (nSPS) is 15.6. The summed E-state index contributed by atoms with van der Waals surface area (Å²) < 4.78 is 35.4. The highest BCUT2D eigenvalue weighted by atomic mass is 19.1. The molecule has 3 aromatic carbocycles. The zero-order valence-corrected chi connectivity index (χ0v) is 21.6. The summed E-state index contributed by atoms with van der Waals surface area (Å²) in [6, 6.07) is 23.4. The molecule has 0 radical (unpaired) electrons. The van der Waals surface area contributed by atoms with Crippen LogP contribution in [0.5, 0.6) is 0 Å². The van der Waals surface area contributed by atoms with E-state index in [4.69, 9.17) is 10.2 Å². The van der Waals surface area contributed by atoms with Gasteiger partial charge in [0.2, 0.25) is 0 Å². The first-order chi connectivity index (χ1) is 18.7. The van der Waals surface area contributed by atoms with Crippen LogP contribution in [-0.4, -0.2) is 28.6 Å². The van der Waals surface area contributed by atoms with E-state index in [0.717, 1.165) is 22.8 Å². The molecule has 8 heteroatoms. The topological polar surface area (TPSA) is 103 Å². The molecule has 6 nitrogen and oxygen atoms in total. The van der Waals surface area contributed by atoms with Crippen LogP contribution < -0.4 is 5.73 Å². The molecule has 0 aliphatic carbocycles. The zero-order chi connectivity index (χ0) is 27.7. The third-order valence-electron chi connectivity index (χ3n) is 7.29. The van der Waals surface area contributed by atoms with Crippen molar-refractivity contribution in [3.63, 3.8) is 0 Å². The smallest absolute Gasteiger partial charge is 0.292 e. The van der Waals surface area contributed by atoms with Crippen LogP contribution in [0.4, 0.5) is 14.8 Å². The lowest BCUT2D eigenvalue weighted by atomic mass is 9.72. The molecule has 0 amide bonds. The maximum Gasteiger partial charge on any atom is 0.292 e. The molecule has 1 aliphatic rings. The van der Waals surface area contributed by atoms with E-state index in [1.165, 1.54) is 19.9 Å². The second-order valence-electron chi connectivity index (χ2n) is 10.5. The van der Waals surface area contributed by atoms with Crippen molar-refractivity contribution >= 4 is 6.01 Å². The van der Waals surface area contributed by atoms with Gasteiger partial charge in [0, 0.05) is 24.6 Å². The number of likely N-dealkylation sites (tertiary alicyclic amines) is 1. The van der Waals surface area contributed by atoms with Crippen molar-refractivity contribution in [1.29, 1.82) is 10.5 Å². The lowest BCUT2D eigenvalue weighted by Gasteiger charge is -2.50. The summed E-state index contributed by atoms with van der Waals surface area (Å²) in [6.45, 7) is 4.12. The van der Waals surface area contributed by atoms with Gasteiger partial charge in [-0.3, -0.25) is 4.90 Å². The van der Waals surface area contributed by atoms with E-state index >= 15 is 4.39 Å². The van der Waals surface area contributed by atoms with Crippen LogP contribution in [0.3, 0.4) is 0 Å². The second kappa shape index (κ2) is 10.3. The number of rotatable bonds is 7. The molecule has 1 fully saturated rings. The minimum atomic E-state index is -1.63. The van der Waals surface area contributed by atoms with Gasteiger partial charge in [0.15, 0.2) is 5.76 Å². The lowest BCUT2D eigenvalue weighted by Crippen LogP contribution is -2.53. The van der Waals surface area contributed by atoms with Gasteiger partial charge in [-0.15, -0.1) is 0 Å². The number of nitriles is 2. The van der Waals surface area contributed by atoms with Crippen molar-refractivity contribution in [2.45, 2.75) is 31.5 Å². The number of benzene rings is 3. The predicted molar refractivity (Wildman–Crippen MR) is 143 cm³/mol. The minimum Gasteiger partial charge on any atom is -0.424 e. The molecule has 0 bridgehead atoms. The standard InChI is InChI=1S/C31H27F2N5O/c1-31(2,33)28(24-10-20(15-35)11-26(32)13-24)25-17-38(18-25)29(21-8-6-19(14-34)7-9-21)23-5-3-4-22(12-23)27-16-37-30(36)39-27/h3-13,16,25,28-29H,17-18H2,1-2H3,(H2,36,37)/t28-,29?/m1/s1. The summed E-state index contributed by atoms with van der Waals surface area (Å²) in [7, 11) is 0. The van der Waals surface area contributed by atoms with Crippen LogP contribution in [0.25, 0.3) is 11.3 Å². The zero-order valence-electron chi connectivity index (χ0n) is 21.6. The SMILES string of the molecule is CC(C)(F)[C@H](c1cc(F)cc(C#N)c1)C1CN(C(c2ccc(C#N)cc2)c2cccc(-c3cnc(N)o3)c2)C1. The number of oxazole rings is 1. The first-order valence-electron chi connectivity index (χ1n) is 12.6. The fraction of sp³-hybridized carbons (Fsp3) is 0.258. The molecule has 2 heterocycles. The average Bonchev–Trinajstić information content (AvgIpc) is 3.33. The molecule has 1 unspecified atom stereocenters. The molecular formula is C31H27F2N5O. The number of aromatic nitrogens is 1. The first-order valence-corrected chi connectivity index (χ1v) is 12.6.